The summed E-state index contributed by atoms with van der Waals surface area (Å²) in [4.78, 5) is 39.7. The van der Waals surface area contributed by atoms with Crippen molar-refractivity contribution in [1.82, 2.24) is 14.5 Å². The Labute approximate surface area is 199 Å². The molecule has 1 atom stereocenters. The number of nitrogens with one attached hydrogen (secondary N) is 2. The van der Waals surface area contributed by atoms with E-state index >= 15 is 0 Å². The maximum atomic E-state index is 13.2. The van der Waals surface area contributed by atoms with E-state index in [9.17, 15) is 22.8 Å². The number of nitrogens with zero attached hydrogens (tertiary/aromatic N) is 2. The van der Waals surface area contributed by atoms with Gasteiger partial charge in [-0.15, -0.1) is 0 Å². The van der Waals surface area contributed by atoms with E-state index in [1.807, 2.05) is 24.3 Å². The van der Waals surface area contributed by atoms with Gasteiger partial charge in [-0.05, 0) is 48.6 Å². The topological polar surface area (TPSA) is 116 Å². The zero-order chi connectivity index (χ0) is 24.7. The van der Waals surface area contributed by atoms with Gasteiger partial charge < -0.3 is 10.6 Å². The number of carbonyl (C=O) groups is 3. The lowest BCUT2D eigenvalue weighted by atomic mass is 9.92. The van der Waals surface area contributed by atoms with Crippen LogP contribution in [0.3, 0.4) is 0 Å². The van der Waals surface area contributed by atoms with Gasteiger partial charge in [0.05, 0.1) is 4.90 Å². The Bertz CT molecular complexity index is 1270. The molecule has 2 aliphatic rings. The molecule has 34 heavy (non-hydrogen) atoms. The molecule has 10 heteroatoms. The minimum Gasteiger partial charge on any atom is -0.324 e. The maximum Gasteiger partial charge on any atom is 0.325 e. The second-order valence-corrected chi connectivity index (χ2v) is 10.4. The third kappa shape index (κ3) is 3.86. The highest BCUT2D eigenvalue weighted by molar-refractivity contribution is 7.89. The van der Waals surface area contributed by atoms with E-state index in [0.717, 1.165) is 16.0 Å². The monoisotopic (exact) mass is 484 g/mol. The molecular formula is C24H28N4O5S. The summed E-state index contributed by atoms with van der Waals surface area (Å²) in [7, 11) is -3.72. The summed E-state index contributed by atoms with van der Waals surface area (Å²) in [5.74, 6) is -1.05. The molecule has 2 aromatic rings. The highest BCUT2D eigenvalue weighted by atomic mass is 32.2. The number of aryl methyl sites for hydroxylation is 2. The number of hydrogen-bond donors (Lipinski definition) is 2. The Morgan fingerprint density at radius 3 is 2.56 bits per heavy atom. The number of carbonyl (C=O) groups excluding carboxylic acids is 3. The Balaban J connectivity index is 1.52. The first-order chi connectivity index (χ1) is 16.1. The molecule has 4 rings (SSSR count). The molecular weight excluding hydrogens is 456 g/mol. The van der Waals surface area contributed by atoms with Crippen LogP contribution in [-0.2, 0) is 31.6 Å². The molecule has 180 valence electrons. The summed E-state index contributed by atoms with van der Waals surface area (Å²) in [6.45, 7) is 5.39. The standard InChI is InChI=1S/C24H28N4O5S/c1-4-27(5-2)34(32,33)20-14-18(11-10-16(20)3)25-21(29)15-28-22(30)24(26-23(28)31)13-12-17-8-6-7-9-19(17)24/h6-11,14H,4-5,12-13,15H2,1-3H3,(H,25,29)(H,26,31)/t24-/m1/s1. The van der Waals surface area contributed by atoms with Crippen LogP contribution < -0.4 is 10.6 Å². The van der Waals surface area contributed by atoms with Gasteiger partial charge >= 0.3 is 6.03 Å². The van der Waals surface area contributed by atoms with Gasteiger partial charge in [-0.3, -0.25) is 14.5 Å². The lowest BCUT2D eigenvalue weighted by molar-refractivity contribution is -0.134. The first kappa shape index (κ1) is 23.9. The quantitative estimate of drug-likeness (QED) is 0.586. The minimum absolute atomic E-state index is 0.102. The number of anilines is 1. The Hall–Kier alpha value is -3.24. The number of urea groups is 1. The molecule has 1 spiro atoms. The van der Waals surface area contributed by atoms with E-state index in [2.05, 4.69) is 10.6 Å². The number of benzene rings is 2. The number of sulfonamides is 1. The summed E-state index contributed by atoms with van der Waals surface area (Å²) in [5.41, 5.74) is 1.46. The van der Waals surface area contributed by atoms with E-state index < -0.39 is 40.0 Å². The van der Waals surface area contributed by atoms with Crippen molar-refractivity contribution in [3.8, 4) is 0 Å². The summed E-state index contributed by atoms with van der Waals surface area (Å²) >= 11 is 0. The predicted octanol–water partition coefficient (Wildman–Crippen LogP) is 2.36. The fourth-order valence-electron chi connectivity index (χ4n) is 4.74. The van der Waals surface area contributed by atoms with E-state index in [1.54, 1.807) is 32.9 Å². The molecule has 0 radical (unpaired) electrons. The third-order valence-corrected chi connectivity index (χ3v) is 8.71. The number of amides is 4. The number of hydrogen-bond acceptors (Lipinski definition) is 5. The molecule has 2 aromatic carbocycles. The SMILES string of the molecule is CCN(CC)S(=O)(=O)c1cc(NC(=O)CN2C(=O)N[C@@]3(CCc4ccccc43)C2=O)ccc1C. The minimum atomic E-state index is -3.72. The first-order valence-corrected chi connectivity index (χ1v) is 12.7. The van der Waals surface area contributed by atoms with Gasteiger partial charge in [0.2, 0.25) is 15.9 Å². The van der Waals surface area contributed by atoms with Gasteiger partial charge in [-0.1, -0.05) is 44.2 Å². The molecule has 1 fully saturated rings. The number of imide groups is 1. The molecule has 9 nitrogen and oxygen atoms in total. The van der Waals surface area contributed by atoms with Gasteiger partial charge in [0.1, 0.15) is 12.1 Å². The molecule has 0 saturated carbocycles. The van der Waals surface area contributed by atoms with Gasteiger partial charge in [-0.2, -0.15) is 4.31 Å². The molecule has 2 N–H and O–H groups in total. The Morgan fingerprint density at radius 2 is 1.85 bits per heavy atom. The molecule has 4 amide bonds. The molecule has 0 aromatic heterocycles. The second kappa shape index (κ2) is 8.84. The van der Waals surface area contributed by atoms with E-state index in [0.29, 0.717) is 31.5 Å². The average molecular weight is 485 g/mol. The van der Waals surface area contributed by atoms with E-state index in [1.165, 1.54) is 10.4 Å². The van der Waals surface area contributed by atoms with Gasteiger partial charge in [0, 0.05) is 18.8 Å². The van der Waals surface area contributed by atoms with Crippen molar-refractivity contribution >= 4 is 33.6 Å². The van der Waals surface area contributed by atoms with Crippen LogP contribution >= 0.6 is 0 Å². The van der Waals surface area contributed by atoms with Crippen molar-refractivity contribution in [2.75, 3.05) is 25.0 Å². The maximum absolute atomic E-state index is 13.2. The molecule has 0 bridgehead atoms. The van der Waals surface area contributed by atoms with E-state index in [4.69, 9.17) is 0 Å². The van der Waals surface area contributed by atoms with Crippen LogP contribution in [0.2, 0.25) is 0 Å². The van der Waals surface area contributed by atoms with Crippen molar-refractivity contribution in [2.45, 2.75) is 44.0 Å². The summed E-state index contributed by atoms with van der Waals surface area (Å²) < 4.78 is 27.3. The third-order valence-electron chi connectivity index (χ3n) is 6.52. The van der Waals surface area contributed by atoms with Crippen molar-refractivity contribution in [1.29, 1.82) is 0 Å². The zero-order valence-electron chi connectivity index (χ0n) is 19.4. The van der Waals surface area contributed by atoms with Crippen LogP contribution in [0, 0.1) is 6.92 Å². The zero-order valence-corrected chi connectivity index (χ0v) is 20.2. The highest BCUT2D eigenvalue weighted by Crippen LogP contribution is 2.41. The number of fused-ring (bicyclic) bond motifs is 2. The number of rotatable bonds is 7. The molecule has 1 heterocycles. The summed E-state index contributed by atoms with van der Waals surface area (Å²) in [6, 6.07) is 11.5. The average Bonchev–Trinajstić information content (AvgIpc) is 3.28. The molecule has 1 aliphatic carbocycles. The van der Waals surface area contributed by atoms with Crippen molar-refractivity contribution < 1.29 is 22.8 Å². The van der Waals surface area contributed by atoms with Crippen LogP contribution in [0.15, 0.2) is 47.4 Å². The van der Waals surface area contributed by atoms with Gasteiger partial charge in [0.15, 0.2) is 0 Å². The molecule has 1 aliphatic heterocycles. The lowest BCUT2D eigenvalue weighted by Crippen LogP contribution is -2.43. The molecule has 1 saturated heterocycles. The van der Waals surface area contributed by atoms with Crippen LogP contribution in [0.1, 0.15) is 37.0 Å². The first-order valence-electron chi connectivity index (χ1n) is 11.3. The highest BCUT2D eigenvalue weighted by Gasteiger charge is 2.55. The van der Waals surface area contributed by atoms with Crippen LogP contribution in [0.5, 0.6) is 0 Å². The van der Waals surface area contributed by atoms with Crippen LogP contribution in [0.25, 0.3) is 0 Å². The smallest absolute Gasteiger partial charge is 0.324 e. The fraction of sp³-hybridized carbons (Fsp3) is 0.375. The lowest BCUT2D eigenvalue weighted by Gasteiger charge is -2.22. The largest absolute Gasteiger partial charge is 0.325 e. The fourth-order valence-corrected chi connectivity index (χ4v) is 6.44. The molecule has 0 unspecified atom stereocenters. The Kier molecular flexibility index (Phi) is 6.22. The van der Waals surface area contributed by atoms with Crippen molar-refractivity contribution in [3.63, 3.8) is 0 Å². The Morgan fingerprint density at radius 1 is 1.15 bits per heavy atom. The van der Waals surface area contributed by atoms with Gasteiger partial charge in [-0.25, -0.2) is 13.2 Å². The van der Waals surface area contributed by atoms with Crippen LogP contribution in [-0.4, -0.2) is 55.1 Å². The predicted molar refractivity (Wildman–Crippen MR) is 127 cm³/mol. The normalized spacial score (nSPS) is 19.6. The van der Waals surface area contributed by atoms with Gasteiger partial charge in [0.25, 0.3) is 5.91 Å². The summed E-state index contributed by atoms with van der Waals surface area (Å²) in [5, 5.41) is 5.42. The van der Waals surface area contributed by atoms with Crippen molar-refractivity contribution in [3.05, 3.63) is 59.2 Å². The van der Waals surface area contributed by atoms with Crippen molar-refractivity contribution in [2.24, 2.45) is 0 Å². The summed E-state index contributed by atoms with van der Waals surface area (Å²) in [6.07, 6.45) is 1.11. The van der Waals surface area contributed by atoms with E-state index in [-0.39, 0.29) is 10.6 Å². The van der Waals surface area contributed by atoms with Crippen LogP contribution in [0.4, 0.5) is 10.5 Å². The second-order valence-electron chi connectivity index (χ2n) is 8.50.